The Hall–Kier alpha value is -5.79. The summed E-state index contributed by atoms with van der Waals surface area (Å²) >= 11 is 0. The molecule has 0 saturated heterocycles. The molecule has 12 nitrogen and oxygen atoms in total. The summed E-state index contributed by atoms with van der Waals surface area (Å²) in [5, 5.41) is 32.9. The summed E-state index contributed by atoms with van der Waals surface area (Å²) in [6, 6.07) is 44.7. The molecule has 0 unspecified atom stereocenters. The number of benzene rings is 6. The van der Waals surface area contributed by atoms with Gasteiger partial charge in [-0.05, 0) is 72.8 Å². The van der Waals surface area contributed by atoms with Gasteiger partial charge < -0.3 is 42.5 Å². The van der Waals surface area contributed by atoms with Crippen molar-refractivity contribution >= 4 is 23.0 Å². The van der Waals surface area contributed by atoms with Crippen LogP contribution in [0.5, 0.6) is 51.7 Å². The van der Waals surface area contributed by atoms with E-state index < -0.39 is 23.0 Å². The van der Waals surface area contributed by atoms with Gasteiger partial charge in [0.15, 0.2) is 34.5 Å². The van der Waals surface area contributed by atoms with Gasteiger partial charge in [0, 0.05) is 0 Å². The molecule has 0 amide bonds. The maximum absolute atomic E-state index is 11.0. The van der Waals surface area contributed by atoms with Crippen LogP contribution in [0.1, 0.15) is 0 Å². The zero-order valence-electron chi connectivity index (χ0n) is 26.6. The van der Waals surface area contributed by atoms with Crippen molar-refractivity contribution in [3.63, 3.8) is 0 Å². The fourth-order valence-corrected chi connectivity index (χ4v) is 13.7. The predicted octanol–water partition coefficient (Wildman–Crippen LogP) is 11.4. The molecule has 0 bridgehead atoms. The van der Waals surface area contributed by atoms with Crippen molar-refractivity contribution < 1.29 is 42.5 Å². The minimum Gasteiger partial charge on any atom is -0.504 e. The number of phenolic OH excluding ortho intramolecular Hbond substituents is 3. The SMILES string of the molecule is Oc1ccccc1OP1(Oc2ccccc2)=NP(Oc2ccccc2)(Oc2ccccc2O)=NP(Oc2ccccc2)(Oc2ccccc2O)=N1. The molecular formula is C36H30N3O9P3. The first-order valence-corrected chi connectivity index (χ1v) is 20.0. The second-order valence-electron chi connectivity index (χ2n) is 10.6. The molecule has 7 rings (SSSR count). The van der Waals surface area contributed by atoms with E-state index in [4.69, 9.17) is 40.7 Å². The number of hydrogen-bond acceptors (Lipinski definition) is 12. The number of phenols is 3. The highest BCUT2D eigenvalue weighted by atomic mass is 31.3. The van der Waals surface area contributed by atoms with Gasteiger partial charge in [-0.25, -0.2) is 0 Å². The lowest BCUT2D eigenvalue weighted by Gasteiger charge is -2.33. The highest BCUT2D eigenvalue weighted by Gasteiger charge is 2.49. The first-order valence-electron chi connectivity index (χ1n) is 15.4. The summed E-state index contributed by atoms with van der Waals surface area (Å²) in [6.07, 6.45) is 0. The quantitative estimate of drug-likeness (QED) is 0.104. The third-order valence-corrected chi connectivity index (χ3v) is 14.9. The first-order chi connectivity index (χ1) is 24.8. The predicted molar refractivity (Wildman–Crippen MR) is 195 cm³/mol. The van der Waals surface area contributed by atoms with Crippen LogP contribution in [-0.4, -0.2) is 15.3 Å². The van der Waals surface area contributed by atoms with E-state index in [0.29, 0.717) is 0 Å². The molecule has 0 fully saturated rings. The molecule has 6 aromatic rings. The van der Waals surface area contributed by atoms with Gasteiger partial charge in [0.25, 0.3) is 0 Å². The Bertz CT molecular complexity index is 2040. The van der Waals surface area contributed by atoms with E-state index >= 15 is 0 Å². The fourth-order valence-electron chi connectivity index (χ4n) is 4.60. The Morgan fingerprint density at radius 3 is 0.784 bits per heavy atom. The first kappa shape index (κ1) is 33.7. The van der Waals surface area contributed by atoms with Gasteiger partial charge in [0.2, 0.25) is 0 Å². The molecule has 15 heteroatoms. The van der Waals surface area contributed by atoms with Crippen LogP contribution in [0.25, 0.3) is 0 Å². The maximum atomic E-state index is 11.0. The van der Waals surface area contributed by atoms with Crippen LogP contribution in [0.15, 0.2) is 177 Å². The Labute approximate surface area is 293 Å². The highest BCUT2D eigenvalue weighted by Crippen LogP contribution is 2.79. The highest BCUT2D eigenvalue weighted by molar-refractivity contribution is 7.79. The number of nitrogens with zero attached hydrogens (tertiary/aromatic N) is 3. The summed E-state index contributed by atoms with van der Waals surface area (Å²) in [4.78, 5) is 0. The van der Waals surface area contributed by atoms with E-state index in [1.807, 2.05) is 0 Å². The summed E-state index contributed by atoms with van der Waals surface area (Å²) in [6.45, 7) is 0. The van der Waals surface area contributed by atoms with Gasteiger partial charge in [0.05, 0.1) is 0 Å². The topological polar surface area (TPSA) is 153 Å². The summed E-state index contributed by atoms with van der Waals surface area (Å²) in [5.74, 6) is 0.0800. The zero-order chi connectivity index (χ0) is 35.2. The summed E-state index contributed by atoms with van der Waals surface area (Å²) in [5.41, 5.74) is 0. The molecule has 0 atom stereocenters. The molecule has 1 aliphatic heterocycles. The van der Waals surface area contributed by atoms with E-state index in [9.17, 15) is 15.3 Å². The molecular weight excluding hydrogens is 711 g/mol. The van der Waals surface area contributed by atoms with Gasteiger partial charge in [0.1, 0.15) is 17.2 Å². The third-order valence-electron chi connectivity index (χ3n) is 6.83. The van der Waals surface area contributed by atoms with Gasteiger partial charge in [-0.15, -0.1) is 0 Å². The molecule has 258 valence electrons. The van der Waals surface area contributed by atoms with Crippen molar-refractivity contribution in [2.75, 3.05) is 0 Å². The molecule has 0 aromatic heterocycles. The summed E-state index contributed by atoms with van der Waals surface area (Å²) < 4.78 is 54.5. The molecule has 6 aromatic carbocycles. The molecule has 0 aliphatic carbocycles. The van der Waals surface area contributed by atoms with Gasteiger partial charge in [-0.2, -0.15) is 0 Å². The van der Waals surface area contributed by atoms with Crippen LogP contribution in [0.3, 0.4) is 0 Å². The van der Waals surface area contributed by atoms with Crippen molar-refractivity contribution in [2.24, 2.45) is 13.5 Å². The summed E-state index contributed by atoms with van der Waals surface area (Å²) in [7, 11) is -12.8. The number of rotatable bonds is 12. The standard InChI is InChI=1S/C36H30N3O9P3/c40-31-22-10-13-25-34(31)46-49(43-28-16-4-1-5-17-28)37-50(44-29-18-6-2-7-19-29,47-35-26-14-11-23-32(35)41)39-51(38-49,45-30-20-8-3-9-21-30)48-36-27-15-12-24-33(36)42/h1-27,40-42H. The lowest BCUT2D eigenvalue weighted by atomic mass is 10.3. The smallest absolute Gasteiger partial charge is 0.461 e. The normalized spacial score (nSPS) is 20.7. The lowest BCUT2D eigenvalue weighted by molar-refractivity contribution is 0.405. The van der Waals surface area contributed by atoms with Crippen LogP contribution in [-0.2, 0) is 0 Å². The fraction of sp³-hybridized carbons (Fsp3) is 0. The van der Waals surface area contributed by atoms with Gasteiger partial charge in [-0.1, -0.05) is 105 Å². The number of para-hydroxylation sites is 9. The molecule has 1 heterocycles. The zero-order valence-corrected chi connectivity index (χ0v) is 29.2. The molecule has 1 aliphatic rings. The Kier molecular flexibility index (Phi) is 9.64. The van der Waals surface area contributed by atoms with Crippen molar-refractivity contribution in [2.45, 2.75) is 0 Å². The van der Waals surface area contributed by atoms with Crippen molar-refractivity contribution in [3.8, 4) is 51.7 Å². The van der Waals surface area contributed by atoms with Crippen molar-refractivity contribution in [1.29, 1.82) is 0 Å². The molecule has 0 spiro atoms. The largest absolute Gasteiger partial charge is 0.504 e. The van der Waals surface area contributed by atoms with Crippen LogP contribution in [0.4, 0.5) is 0 Å². The average molecular weight is 742 g/mol. The molecule has 0 saturated carbocycles. The second kappa shape index (κ2) is 14.6. The van der Waals surface area contributed by atoms with E-state index in [1.165, 1.54) is 36.4 Å². The van der Waals surface area contributed by atoms with Crippen LogP contribution in [0, 0.1) is 0 Å². The number of aromatic hydroxyl groups is 3. The van der Waals surface area contributed by atoms with Crippen molar-refractivity contribution in [3.05, 3.63) is 164 Å². The van der Waals surface area contributed by atoms with Crippen LogP contribution in [0.2, 0.25) is 0 Å². The lowest BCUT2D eigenvalue weighted by Crippen LogP contribution is -2.11. The average Bonchev–Trinajstić information content (AvgIpc) is 3.12. The van der Waals surface area contributed by atoms with E-state index in [0.717, 1.165) is 0 Å². The monoisotopic (exact) mass is 741 g/mol. The number of hydrogen-bond donors (Lipinski definition) is 3. The Balaban J connectivity index is 1.59. The second-order valence-corrected chi connectivity index (χ2v) is 16.8. The third kappa shape index (κ3) is 8.00. The van der Waals surface area contributed by atoms with Crippen molar-refractivity contribution in [1.82, 2.24) is 0 Å². The maximum Gasteiger partial charge on any atom is 0.461 e. The molecule has 3 N–H and O–H groups in total. The van der Waals surface area contributed by atoms with E-state index in [-0.39, 0.29) is 51.7 Å². The molecule has 0 radical (unpaired) electrons. The van der Waals surface area contributed by atoms with Gasteiger partial charge in [-0.3, -0.25) is 0 Å². The van der Waals surface area contributed by atoms with E-state index in [1.54, 1.807) is 127 Å². The Morgan fingerprint density at radius 1 is 0.294 bits per heavy atom. The van der Waals surface area contributed by atoms with Crippen LogP contribution < -0.4 is 27.1 Å². The minimum absolute atomic E-state index is 0.0306. The van der Waals surface area contributed by atoms with Gasteiger partial charge >= 0.3 is 23.0 Å². The van der Waals surface area contributed by atoms with E-state index in [2.05, 4.69) is 0 Å². The molecule has 51 heavy (non-hydrogen) atoms. The Morgan fingerprint density at radius 2 is 0.529 bits per heavy atom. The van der Waals surface area contributed by atoms with Crippen LogP contribution >= 0.6 is 23.0 Å². The minimum atomic E-state index is -4.25.